The van der Waals surface area contributed by atoms with E-state index in [1.807, 2.05) is 0 Å². The molecule has 0 amide bonds. The fourth-order valence-electron chi connectivity index (χ4n) is 2.45. The van der Waals surface area contributed by atoms with Crippen LogP contribution in [0.3, 0.4) is 0 Å². The Labute approximate surface area is 140 Å². The summed E-state index contributed by atoms with van der Waals surface area (Å²) in [6.45, 7) is -0.583. The van der Waals surface area contributed by atoms with E-state index in [2.05, 4.69) is 14.5 Å². The first-order valence-electron chi connectivity index (χ1n) is 6.79. The van der Waals surface area contributed by atoms with Crippen molar-refractivity contribution in [3.63, 3.8) is 0 Å². The molecule has 0 saturated carbocycles. The first-order valence-corrected chi connectivity index (χ1v) is 8.73. The van der Waals surface area contributed by atoms with Crippen LogP contribution in [0.15, 0.2) is 12.7 Å². The summed E-state index contributed by atoms with van der Waals surface area (Å²) in [4.78, 5) is 25.8. The van der Waals surface area contributed by atoms with Gasteiger partial charge in [-0.1, -0.05) is 12.2 Å². The topological polar surface area (TPSA) is 152 Å². The van der Waals surface area contributed by atoms with Crippen LogP contribution in [0.1, 0.15) is 6.23 Å². The number of aromatic nitrogens is 4. The summed E-state index contributed by atoms with van der Waals surface area (Å²) in [5, 5.41) is 20.2. The van der Waals surface area contributed by atoms with Crippen molar-refractivity contribution >= 4 is 31.2 Å². The van der Waals surface area contributed by atoms with E-state index in [0.717, 1.165) is 0 Å². The summed E-state index contributed by atoms with van der Waals surface area (Å²) < 4.78 is 24.0. The predicted octanol–water partition coefficient (Wildman–Crippen LogP) is -0.772. The number of imidazole rings is 1. The molecule has 4 N–H and O–H groups in total. The normalized spacial score (nSPS) is 27.9. The highest BCUT2D eigenvalue weighted by Gasteiger charge is 2.45. The minimum atomic E-state index is -4.72. The third-order valence-electron chi connectivity index (χ3n) is 3.66. The second kappa shape index (κ2) is 6.24. The molecular weight excluding hydrogens is 363 g/mol. The highest BCUT2D eigenvalue weighted by molar-refractivity contribution is 7.71. The summed E-state index contributed by atoms with van der Waals surface area (Å²) in [5.74, 6) is 0. The van der Waals surface area contributed by atoms with Crippen LogP contribution in [0.4, 0.5) is 0 Å². The van der Waals surface area contributed by atoms with Gasteiger partial charge in [0.15, 0.2) is 11.9 Å². The SMILES string of the molecule is Cn1cnc2c(ncn2C2O[C@H](COP(=O)(O)O)[C@@H](O)[C@H]2O)c1=S. The number of fused-ring (bicyclic) bond motifs is 1. The van der Waals surface area contributed by atoms with Crippen LogP contribution in [0.5, 0.6) is 0 Å². The van der Waals surface area contributed by atoms with Gasteiger partial charge in [0.1, 0.15) is 28.5 Å². The van der Waals surface area contributed by atoms with Crippen molar-refractivity contribution < 1.29 is 33.8 Å². The maximum Gasteiger partial charge on any atom is 0.469 e. The molecule has 1 saturated heterocycles. The minimum Gasteiger partial charge on any atom is -0.387 e. The van der Waals surface area contributed by atoms with Gasteiger partial charge in [0.05, 0.1) is 19.3 Å². The van der Waals surface area contributed by atoms with Gasteiger partial charge >= 0.3 is 7.82 Å². The van der Waals surface area contributed by atoms with E-state index in [4.69, 9.17) is 26.7 Å². The molecule has 13 heteroatoms. The number of aliphatic hydroxyl groups excluding tert-OH is 2. The number of phosphoric ester groups is 1. The summed E-state index contributed by atoms with van der Waals surface area (Å²) in [6, 6.07) is 0. The van der Waals surface area contributed by atoms with Crippen LogP contribution in [0.25, 0.3) is 11.2 Å². The van der Waals surface area contributed by atoms with Crippen LogP contribution < -0.4 is 0 Å². The van der Waals surface area contributed by atoms with Crippen molar-refractivity contribution in [3.8, 4) is 0 Å². The Morgan fingerprint density at radius 3 is 2.71 bits per heavy atom. The molecule has 2 aromatic rings. The van der Waals surface area contributed by atoms with E-state index in [1.165, 1.54) is 17.2 Å². The molecule has 1 aliphatic rings. The smallest absolute Gasteiger partial charge is 0.387 e. The molecule has 3 rings (SSSR count). The molecular formula is C11H15N4O7PS. The van der Waals surface area contributed by atoms with Gasteiger partial charge < -0.3 is 29.3 Å². The lowest BCUT2D eigenvalue weighted by molar-refractivity contribution is -0.0504. The van der Waals surface area contributed by atoms with Crippen LogP contribution in [0, 0.1) is 4.64 Å². The standard InChI is InChI=1S/C11H15N4O7PS/c1-14-3-13-9-6(11(14)24)12-4-15(9)10-8(17)7(16)5(22-10)2-21-23(18,19)20/h3-5,7-8,10,16-17H,2H2,1H3,(H2,18,19,20)/t5-,7-,8-,10?/m1/s1. The highest BCUT2D eigenvalue weighted by atomic mass is 32.1. The van der Waals surface area contributed by atoms with E-state index in [9.17, 15) is 14.8 Å². The number of hydrogen-bond donors (Lipinski definition) is 4. The first-order chi connectivity index (χ1) is 11.2. The quantitative estimate of drug-likeness (QED) is 0.394. The van der Waals surface area contributed by atoms with E-state index in [0.29, 0.717) is 15.8 Å². The Bertz CT molecular complexity index is 864. The monoisotopic (exact) mass is 378 g/mol. The molecule has 1 aliphatic heterocycles. The number of phosphoric acid groups is 1. The van der Waals surface area contributed by atoms with Crippen LogP contribution >= 0.6 is 20.0 Å². The largest absolute Gasteiger partial charge is 0.469 e. The lowest BCUT2D eigenvalue weighted by Crippen LogP contribution is -2.33. The van der Waals surface area contributed by atoms with E-state index in [1.54, 1.807) is 11.6 Å². The summed E-state index contributed by atoms with van der Waals surface area (Å²) in [7, 11) is -3.00. The number of aliphatic hydroxyl groups is 2. The maximum absolute atomic E-state index is 10.8. The van der Waals surface area contributed by atoms with Crippen molar-refractivity contribution in [1.82, 2.24) is 19.1 Å². The fourth-order valence-corrected chi connectivity index (χ4v) is 2.98. The van der Waals surface area contributed by atoms with Gasteiger partial charge in [0.25, 0.3) is 0 Å². The zero-order chi connectivity index (χ0) is 17.6. The molecule has 0 radical (unpaired) electrons. The van der Waals surface area contributed by atoms with Crippen molar-refractivity contribution in [2.45, 2.75) is 24.5 Å². The second-order valence-electron chi connectivity index (χ2n) is 5.32. The second-order valence-corrected chi connectivity index (χ2v) is 6.94. The Morgan fingerprint density at radius 1 is 1.33 bits per heavy atom. The molecule has 1 fully saturated rings. The molecule has 0 aromatic carbocycles. The van der Waals surface area contributed by atoms with Gasteiger partial charge in [-0.15, -0.1) is 0 Å². The Hall–Kier alpha value is -1.24. The Balaban J connectivity index is 1.89. The molecule has 24 heavy (non-hydrogen) atoms. The number of ether oxygens (including phenoxy) is 1. The third-order valence-corrected chi connectivity index (χ3v) is 4.63. The number of nitrogens with zero attached hydrogens (tertiary/aromatic N) is 4. The van der Waals surface area contributed by atoms with Crippen LogP contribution in [-0.4, -0.2) is 64.0 Å². The lowest BCUT2D eigenvalue weighted by Gasteiger charge is -2.16. The van der Waals surface area contributed by atoms with Gasteiger partial charge in [-0.2, -0.15) is 0 Å². The number of rotatable bonds is 4. The lowest BCUT2D eigenvalue weighted by atomic mass is 10.1. The molecule has 2 aromatic heterocycles. The highest BCUT2D eigenvalue weighted by Crippen LogP contribution is 2.38. The van der Waals surface area contributed by atoms with Gasteiger partial charge in [-0.05, 0) is 0 Å². The van der Waals surface area contributed by atoms with Crippen molar-refractivity contribution in [2.24, 2.45) is 7.05 Å². The van der Waals surface area contributed by atoms with Gasteiger partial charge in [-0.3, -0.25) is 9.09 Å². The summed E-state index contributed by atoms with van der Waals surface area (Å²) in [5.41, 5.74) is 0.779. The van der Waals surface area contributed by atoms with Gasteiger partial charge in [0.2, 0.25) is 0 Å². The van der Waals surface area contributed by atoms with Crippen molar-refractivity contribution in [1.29, 1.82) is 0 Å². The molecule has 1 unspecified atom stereocenters. The molecule has 0 spiro atoms. The maximum atomic E-state index is 10.8. The number of aryl methyl sites for hydroxylation is 1. The molecule has 11 nitrogen and oxygen atoms in total. The van der Waals surface area contributed by atoms with Gasteiger partial charge in [0, 0.05) is 7.05 Å². The number of hydrogen-bond acceptors (Lipinski definition) is 8. The van der Waals surface area contributed by atoms with Gasteiger partial charge in [-0.25, -0.2) is 14.5 Å². The Morgan fingerprint density at radius 2 is 2.04 bits per heavy atom. The zero-order valence-electron chi connectivity index (χ0n) is 12.3. The minimum absolute atomic E-state index is 0.353. The fraction of sp³-hybridized carbons (Fsp3) is 0.545. The Kier molecular flexibility index (Phi) is 4.57. The molecule has 0 bridgehead atoms. The average Bonchev–Trinajstić information content (AvgIpc) is 3.04. The van der Waals surface area contributed by atoms with Crippen molar-refractivity contribution in [3.05, 3.63) is 17.3 Å². The van der Waals surface area contributed by atoms with E-state index >= 15 is 0 Å². The molecule has 3 heterocycles. The van der Waals surface area contributed by atoms with E-state index < -0.39 is 39.0 Å². The third kappa shape index (κ3) is 3.15. The van der Waals surface area contributed by atoms with Crippen LogP contribution in [-0.2, 0) is 20.9 Å². The summed E-state index contributed by atoms with van der Waals surface area (Å²) >= 11 is 5.23. The molecule has 0 aliphatic carbocycles. The van der Waals surface area contributed by atoms with E-state index in [-0.39, 0.29) is 0 Å². The van der Waals surface area contributed by atoms with Crippen molar-refractivity contribution in [2.75, 3.05) is 6.61 Å². The molecule has 132 valence electrons. The zero-order valence-corrected chi connectivity index (χ0v) is 14.0. The summed E-state index contributed by atoms with van der Waals surface area (Å²) in [6.07, 6.45) is -2.10. The molecule has 4 atom stereocenters. The predicted molar refractivity (Wildman–Crippen MR) is 81.3 cm³/mol. The average molecular weight is 378 g/mol. The first kappa shape index (κ1) is 17.6. The van der Waals surface area contributed by atoms with Crippen LogP contribution in [0.2, 0.25) is 0 Å².